The standard InChI is InChI=1S/C76H63NO2/c1-47-33-35-50(36-34-47)76(49-21-9-8-10-22-49)63-42-41-58(60-28-19-30-64-72(60)79-68-32-15-16-43-75(64,68)7)70(73(2,3)4)69(63)61-40-38-53(46-66(61)76)77(52-37-39-56-55-24-11-13-29-62(55)74(5,6)65(56)45-52)51-23-17-20-48(44-51)54-26-18-27-59-57-25-12-14-31-67(57)78-71(54)59/h8-33,35-42,44-47H,34,43H2,1-7H3. The number of fused-ring (bicyclic) bond motifs is 12. The molecule has 0 saturated carbocycles. The average Bonchev–Trinajstić information content (AvgIpc) is 4.36. The summed E-state index contributed by atoms with van der Waals surface area (Å²) in [7, 11) is 0. The third-order valence-corrected chi connectivity index (χ3v) is 18.5. The van der Waals surface area contributed by atoms with Gasteiger partial charge >= 0.3 is 0 Å². The molecule has 4 aliphatic carbocycles. The first-order valence-electron chi connectivity index (χ1n) is 28.4. The second-order valence-corrected chi connectivity index (χ2v) is 24.6. The molecular formula is C76H63NO2. The van der Waals surface area contributed by atoms with E-state index in [4.69, 9.17) is 9.15 Å². The molecule has 1 aliphatic heterocycles. The smallest absolute Gasteiger partial charge is 0.143 e. The Kier molecular flexibility index (Phi) is 10.3. The average molecular weight is 1020 g/mol. The van der Waals surface area contributed by atoms with E-state index in [1.165, 1.54) is 72.3 Å². The summed E-state index contributed by atoms with van der Waals surface area (Å²) in [5.74, 6) is 2.45. The first kappa shape index (κ1) is 47.5. The minimum atomic E-state index is -0.642. The molecule has 0 saturated heterocycles. The van der Waals surface area contributed by atoms with Crippen molar-refractivity contribution >= 4 is 39.0 Å². The maximum absolute atomic E-state index is 7.01. The Morgan fingerprint density at radius 3 is 2.05 bits per heavy atom. The summed E-state index contributed by atoms with van der Waals surface area (Å²) in [6.07, 6.45) is 15.9. The number of hydrogen-bond donors (Lipinski definition) is 0. The second-order valence-electron chi connectivity index (χ2n) is 24.6. The summed E-state index contributed by atoms with van der Waals surface area (Å²) in [6.45, 7) is 16.6. The van der Waals surface area contributed by atoms with Crippen LogP contribution in [0.4, 0.5) is 17.1 Å². The van der Waals surface area contributed by atoms with Gasteiger partial charge in [-0.2, -0.15) is 0 Å². The van der Waals surface area contributed by atoms with Crippen LogP contribution < -0.4 is 9.64 Å². The van der Waals surface area contributed by atoms with Crippen LogP contribution in [0.1, 0.15) is 100 Å². The van der Waals surface area contributed by atoms with Gasteiger partial charge in [-0.3, -0.25) is 0 Å². The van der Waals surface area contributed by atoms with E-state index in [1.54, 1.807) is 0 Å². The molecule has 2 heterocycles. The van der Waals surface area contributed by atoms with Gasteiger partial charge in [0.15, 0.2) is 0 Å². The number of furan rings is 1. The van der Waals surface area contributed by atoms with E-state index in [1.807, 2.05) is 0 Å². The molecule has 10 aromatic rings. The number of benzene rings is 9. The molecule has 15 rings (SSSR count). The van der Waals surface area contributed by atoms with Crippen LogP contribution in [-0.4, -0.2) is 0 Å². The van der Waals surface area contributed by atoms with Gasteiger partial charge in [0.2, 0.25) is 0 Å². The molecule has 0 fully saturated rings. The van der Waals surface area contributed by atoms with Crippen LogP contribution in [0.25, 0.3) is 66.4 Å². The number of para-hydroxylation sites is 3. The molecule has 9 aromatic carbocycles. The Morgan fingerprint density at radius 1 is 0.557 bits per heavy atom. The van der Waals surface area contributed by atoms with Crippen LogP contribution >= 0.6 is 0 Å². The van der Waals surface area contributed by atoms with E-state index in [0.29, 0.717) is 5.92 Å². The Balaban J connectivity index is 0.999. The third kappa shape index (κ3) is 6.84. The molecule has 3 atom stereocenters. The van der Waals surface area contributed by atoms with Gasteiger partial charge in [0, 0.05) is 49.9 Å². The molecule has 0 radical (unpaired) electrons. The molecular weight excluding hydrogens is 959 g/mol. The van der Waals surface area contributed by atoms with Gasteiger partial charge in [-0.15, -0.1) is 0 Å². The van der Waals surface area contributed by atoms with Crippen LogP contribution in [0.15, 0.2) is 240 Å². The van der Waals surface area contributed by atoms with Gasteiger partial charge in [0.05, 0.1) is 10.8 Å². The van der Waals surface area contributed by atoms with Crippen molar-refractivity contribution in [3.8, 4) is 50.3 Å². The number of allylic oxidation sites excluding steroid dienone is 8. The van der Waals surface area contributed by atoms with Crippen LogP contribution in [0.3, 0.4) is 0 Å². The highest BCUT2D eigenvalue weighted by molar-refractivity contribution is 6.10. The molecule has 3 nitrogen and oxygen atoms in total. The first-order chi connectivity index (χ1) is 38.3. The molecule has 0 amide bonds. The molecule has 3 unspecified atom stereocenters. The van der Waals surface area contributed by atoms with Gasteiger partial charge in [0.25, 0.3) is 0 Å². The van der Waals surface area contributed by atoms with E-state index < -0.39 is 5.41 Å². The summed E-state index contributed by atoms with van der Waals surface area (Å²) in [5.41, 5.74) is 23.9. The maximum atomic E-state index is 7.01. The van der Waals surface area contributed by atoms with E-state index in [-0.39, 0.29) is 16.2 Å². The molecule has 79 heavy (non-hydrogen) atoms. The quantitative estimate of drug-likeness (QED) is 0.159. The highest BCUT2D eigenvalue weighted by atomic mass is 16.5. The van der Waals surface area contributed by atoms with E-state index >= 15 is 0 Å². The van der Waals surface area contributed by atoms with Crippen LogP contribution in [-0.2, 0) is 21.7 Å². The summed E-state index contributed by atoms with van der Waals surface area (Å²) >= 11 is 0. The number of hydrogen-bond acceptors (Lipinski definition) is 3. The lowest BCUT2D eigenvalue weighted by molar-refractivity contribution is 0.377. The summed E-state index contributed by atoms with van der Waals surface area (Å²) in [4.78, 5) is 2.51. The fraction of sp³-hybridized carbons (Fsp3) is 0.184. The molecule has 3 heteroatoms. The first-order valence-corrected chi connectivity index (χ1v) is 28.4. The number of ether oxygens (including phenoxy) is 1. The van der Waals surface area contributed by atoms with Crippen molar-refractivity contribution in [3.63, 3.8) is 0 Å². The Labute approximate surface area is 464 Å². The molecule has 0 bridgehead atoms. The van der Waals surface area contributed by atoms with Gasteiger partial charge in [0.1, 0.15) is 22.7 Å². The summed E-state index contributed by atoms with van der Waals surface area (Å²) in [6, 6.07) is 70.6. The molecule has 384 valence electrons. The van der Waals surface area contributed by atoms with Crippen molar-refractivity contribution < 1.29 is 9.15 Å². The SMILES string of the molecule is CC1C=CC(C2(c3ccccc3)c3cc(N(c4cccc(-c5cccc6c5oc5ccccc56)c4)c4ccc5c(c4)C(C)(C)c4ccccc4-5)ccc3-c3c2ccc(-c2cccc4c2OC2=CC=CCC24C)c3C(C)(C)C)=CC1. The Hall–Kier alpha value is -8.66. The van der Waals surface area contributed by atoms with Crippen LogP contribution in [0.2, 0.25) is 0 Å². The van der Waals surface area contributed by atoms with E-state index in [2.05, 4.69) is 278 Å². The number of anilines is 3. The fourth-order valence-electron chi connectivity index (χ4n) is 14.6. The van der Waals surface area contributed by atoms with Crippen molar-refractivity contribution in [3.05, 3.63) is 275 Å². The molecule has 0 spiro atoms. The zero-order valence-corrected chi connectivity index (χ0v) is 46.1. The van der Waals surface area contributed by atoms with Crippen LogP contribution in [0.5, 0.6) is 5.75 Å². The van der Waals surface area contributed by atoms with Gasteiger partial charge < -0.3 is 14.1 Å². The number of rotatable bonds is 7. The minimum absolute atomic E-state index is 0.195. The van der Waals surface area contributed by atoms with Crippen molar-refractivity contribution in [2.45, 2.75) is 83.0 Å². The topological polar surface area (TPSA) is 25.6 Å². The lowest BCUT2D eigenvalue weighted by Gasteiger charge is -2.37. The molecule has 0 N–H and O–H groups in total. The van der Waals surface area contributed by atoms with E-state index in [0.717, 1.165) is 80.0 Å². The maximum Gasteiger partial charge on any atom is 0.143 e. The molecule has 5 aliphatic rings. The monoisotopic (exact) mass is 1020 g/mol. The highest BCUT2D eigenvalue weighted by Gasteiger charge is 2.50. The van der Waals surface area contributed by atoms with Crippen molar-refractivity contribution in [1.29, 1.82) is 0 Å². The number of nitrogens with zero attached hydrogens (tertiary/aromatic N) is 1. The Morgan fingerprint density at radius 2 is 1.23 bits per heavy atom. The van der Waals surface area contributed by atoms with Gasteiger partial charge in [-0.1, -0.05) is 218 Å². The molecule has 1 aromatic heterocycles. The van der Waals surface area contributed by atoms with Gasteiger partial charge in [-0.25, -0.2) is 0 Å². The van der Waals surface area contributed by atoms with E-state index in [9.17, 15) is 0 Å². The summed E-state index contributed by atoms with van der Waals surface area (Å²) < 4.78 is 13.7. The largest absolute Gasteiger partial charge is 0.460 e. The summed E-state index contributed by atoms with van der Waals surface area (Å²) in [5, 5.41) is 2.25. The fourth-order valence-corrected chi connectivity index (χ4v) is 14.6. The van der Waals surface area contributed by atoms with Crippen LogP contribution in [0, 0.1) is 5.92 Å². The zero-order chi connectivity index (χ0) is 53.6. The lowest BCUT2D eigenvalue weighted by Crippen LogP contribution is -2.30. The second kappa shape index (κ2) is 17.2. The Bertz CT molecular complexity index is 4340. The minimum Gasteiger partial charge on any atom is -0.460 e. The van der Waals surface area contributed by atoms with Crippen molar-refractivity contribution in [2.75, 3.05) is 4.90 Å². The normalized spacial score (nSPS) is 20.0. The lowest BCUT2D eigenvalue weighted by atomic mass is 9.65. The predicted octanol–water partition coefficient (Wildman–Crippen LogP) is 20.3. The van der Waals surface area contributed by atoms with Crippen molar-refractivity contribution in [1.82, 2.24) is 0 Å². The predicted molar refractivity (Wildman–Crippen MR) is 328 cm³/mol. The van der Waals surface area contributed by atoms with Crippen molar-refractivity contribution in [2.24, 2.45) is 5.92 Å². The highest BCUT2D eigenvalue weighted by Crippen LogP contribution is 2.63. The van der Waals surface area contributed by atoms with Gasteiger partial charge in [-0.05, 0) is 152 Å². The third-order valence-electron chi connectivity index (χ3n) is 18.5. The zero-order valence-electron chi connectivity index (χ0n) is 46.1.